The number of hydrogen-bond acceptors (Lipinski definition) is 6. The van der Waals surface area contributed by atoms with Gasteiger partial charge in [-0.3, -0.25) is 9.69 Å². The average Bonchev–Trinajstić information content (AvgIpc) is 3.29. The molecule has 1 amide bonds. The third kappa shape index (κ3) is 6.74. The summed E-state index contributed by atoms with van der Waals surface area (Å²) < 4.78 is 5.36. The van der Waals surface area contributed by atoms with Crippen molar-refractivity contribution in [2.75, 3.05) is 39.8 Å². The van der Waals surface area contributed by atoms with Gasteiger partial charge in [-0.1, -0.05) is 35.0 Å². The number of hydrogen-bond donors (Lipinski definition) is 1. The van der Waals surface area contributed by atoms with Crippen molar-refractivity contribution in [1.82, 2.24) is 25.3 Å². The molecule has 7 heteroatoms. The van der Waals surface area contributed by atoms with Gasteiger partial charge >= 0.3 is 0 Å². The third-order valence-electron chi connectivity index (χ3n) is 6.93. The molecule has 7 nitrogen and oxygen atoms in total. The van der Waals surface area contributed by atoms with E-state index in [0.29, 0.717) is 30.5 Å². The van der Waals surface area contributed by atoms with E-state index in [1.54, 1.807) is 0 Å². The van der Waals surface area contributed by atoms with Crippen molar-refractivity contribution in [1.29, 1.82) is 0 Å². The lowest BCUT2D eigenvalue weighted by Crippen LogP contribution is -2.38. The minimum Gasteiger partial charge on any atom is -0.356 e. The van der Waals surface area contributed by atoms with Crippen molar-refractivity contribution >= 4 is 11.5 Å². The van der Waals surface area contributed by atoms with Crippen molar-refractivity contribution in [2.45, 2.75) is 52.5 Å². The van der Waals surface area contributed by atoms with Crippen molar-refractivity contribution in [3.8, 4) is 0 Å². The van der Waals surface area contributed by atoms with E-state index in [0.717, 1.165) is 64.1 Å². The molecule has 3 heterocycles. The fraction of sp³-hybridized carbons (Fsp3) is 0.577. The van der Waals surface area contributed by atoms with Gasteiger partial charge in [0.1, 0.15) is 0 Å². The zero-order chi connectivity index (χ0) is 23.2. The van der Waals surface area contributed by atoms with Crippen LogP contribution in [0.4, 0.5) is 0 Å². The van der Waals surface area contributed by atoms with Crippen LogP contribution >= 0.6 is 0 Å². The second-order valence-electron chi connectivity index (χ2n) is 9.71. The summed E-state index contributed by atoms with van der Waals surface area (Å²) in [4.78, 5) is 21.6. The Labute approximate surface area is 197 Å². The maximum atomic E-state index is 12.4. The van der Waals surface area contributed by atoms with E-state index in [-0.39, 0.29) is 5.91 Å². The van der Waals surface area contributed by atoms with Crippen LogP contribution < -0.4 is 5.32 Å². The number of piperidine rings is 1. The van der Waals surface area contributed by atoms with Crippen LogP contribution in [0.3, 0.4) is 0 Å². The van der Waals surface area contributed by atoms with Gasteiger partial charge in [0.05, 0.1) is 0 Å². The van der Waals surface area contributed by atoms with Gasteiger partial charge in [-0.25, -0.2) is 0 Å². The summed E-state index contributed by atoms with van der Waals surface area (Å²) in [6.07, 6.45) is 6.21. The topological polar surface area (TPSA) is 74.5 Å². The van der Waals surface area contributed by atoms with E-state index >= 15 is 0 Å². The minimum atomic E-state index is 0.0612. The number of carbonyl (C=O) groups excluding carboxylic acids is 1. The second kappa shape index (κ2) is 11.1. The summed E-state index contributed by atoms with van der Waals surface area (Å²) >= 11 is 0. The number of likely N-dealkylation sites (N-methyl/N-ethyl adjacent to an activating group) is 1. The molecular formula is C26H37N5O2. The van der Waals surface area contributed by atoms with Gasteiger partial charge in [0.15, 0.2) is 5.82 Å². The van der Waals surface area contributed by atoms with E-state index in [1.807, 2.05) is 0 Å². The molecule has 2 aliphatic heterocycles. The molecule has 4 rings (SSSR count). The number of aromatic nitrogens is 2. The Kier molecular flexibility index (Phi) is 7.93. The van der Waals surface area contributed by atoms with Crippen LogP contribution in [-0.4, -0.2) is 65.6 Å². The van der Waals surface area contributed by atoms with Crippen molar-refractivity contribution < 1.29 is 9.32 Å². The highest BCUT2D eigenvalue weighted by molar-refractivity contribution is 5.76. The molecule has 2 aromatic rings. The SMILES string of the molecule is Cc1ccc(C)c(CN2CCC(CNC(=O)CCc3nc(C4=CCN(C)CC4)no3)CC2)c1. The molecule has 0 saturated carbocycles. The lowest BCUT2D eigenvalue weighted by atomic mass is 9.95. The van der Waals surface area contributed by atoms with Crippen LogP contribution in [0.1, 0.15) is 54.1 Å². The van der Waals surface area contributed by atoms with Gasteiger partial charge in [0, 0.05) is 39.0 Å². The molecule has 1 aromatic heterocycles. The normalized spacial score (nSPS) is 18.3. The maximum Gasteiger partial charge on any atom is 0.227 e. The zero-order valence-electron chi connectivity index (χ0n) is 20.3. The number of rotatable bonds is 8. The first kappa shape index (κ1) is 23.6. The predicted octanol–water partition coefficient (Wildman–Crippen LogP) is 3.37. The minimum absolute atomic E-state index is 0.0612. The molecule has 1 saturated heterocycles. The molecule has 178 valence electrons. The van der Waals surface area contributed by atoms with E-state index < -0.39 is 0 Å². The van der Waals surface area contributed by atoms with Gasteiger partial charge in [-0.05, 0) is 75.9 Å². The molecule has 0 atom stereocenters. The first-order chi connectivity index (χ1) is 16.0. The number of carbonyl (C=O) groups is 1. The van der Waals surface area contributed by atoms with Gasteiger partial charge in [-0.15, -0.1) is 0 Å². The van der Waals surface area contributed by atoms with Crippen molar-refractivity contribution in [2.24, 2.45) is 5.92 Å². The molecule has 1 N–H and O–H groups in total. The van der Waals surface area contributed by atoms with Crippen molar-refractivity contribution in [3.05, 3.63) is 52.7 Å². The van der Waals surface area contributed by atoms with Crippen LogP contribution in [0.15, 0.2) is 28.8 Å². The molecule has 0 radical (unpaired) electrons. The highest BCUT2D eigenvalue weighted by Gasteiger charge is 2.21. The monoisotopic (exact) mass is 451 g/mol. The highest BCUT2D eigenvalue weighted by atomic mass is 16.5. The quantitative estimate of drug-likeness (QED) is 0.663. The number of likely N-dealkylation sites (tertiary alicyclic amines) is 1. The Hall–Kier alpha value is -2.51. The first-order valence-electron chi connectivity index (χ1n) is 12.2. The molecule has 0 bridgehead atoms. The lowest BCUT2D eigenvalue weighted by Gasteiger charge is -2.32. The molecule has 0 aliphatic carbocycles. The zero-order valence-corrected chi connectivity index (χ0v) is 20.3. The Morgan fingerprint density at radius 3 is 2.79 bits per heavy atom. The summed E-state index contributed by atoms with van der Waals surface area (Å²) in [6.45, 7) is 10.2. The number of nitrogens with one attached hydrogen (secondary N) is 1. The van der Waals surface area contributed by atoms with Crippen LogP contribution in [0.25, 0.3) is 5.57 Å². The van der Waals surface area contributed by atoms with Crippen LogP contribution in [0.2, 0.25) is 0 Å². The van der Waals surface area contributed by atoms with Crippen molar-refractivity contribution in [3.63, 3.8) is 0 Å². The second-order valence-corrected chi connectivity index (χ2v) is 9.71. The Bertz CT molecular complexity index is 975. The Morgan fingerprint density at radius 1 is 1.21 bits per heavy atom. The predicted molar refractivity (Wildman–Crippen MR) is 130 cm³/mol. The standard InChI is InChI=1S/C26H37N5O2/c1-19-4-5-20(2)23(16-19)18-31-14-8-21(9-15-31)17-27-24(32)6-7-25-28-26(29-33-25)22-10-12-30(3)13-11-22/h4-5,10,16,21H,6-9,11-15,17-18H2,1-3H3,(H,27,32). The molecule has 2 aliphatic rings. The average molecular weight is 452 g/mol. The summed E-state index contributed by atoms with van der Waals surface area (Å²) in [5.74, 6) is 1.83. The largest absolute Gasteiger partial charge is 0.356 e. The third-order valence-corrected chi connectivity index (χ3v) is 6.93. The van der Waals surface area contributed by atoms with E-state index in [4.69, 9.17) is 4.52 Å². The molecular weight excluding hydrogens is 414 g/mol. The Balaban J connectivity index is 1.14. The smallest absolute Gasteiger partial charge is 0.227 e. The van der Waals surface area contributed by atoms with Gasteiger partial charge in [0.25, 0.3) is 0 Å². The summed E-state index contributed by atoms with van der Waals surface area (Å²) in [6, 6.07) is 6.70. The van der Waals surface area contributed by atoms with Crippen LogP contribution in [-0.2, 0) is 17.8 Å². The van der Waals surface area contributed by atoms with E-state index in [1.165, 1.54) is 16.7 Å². The van der Waals surface area contributed by atoms with Crippen LogP contribution in [0.5, 0.6) is 0 Å². The molecule has 0 unspecified atom stereocenters. The van der Waals surface area contributed by atoms with Gasteiger partial charge in [-0.2, -0.15) is 4.98 Å². The summed E-state index contributed by atoms with van der Waals surface area (Å²) in [7, 11) is 2.10. The number of amides is 1. The number of benzene rings is 1. The number of aryl methyl sites for hydroxylation is 3. The Morgan fingerprint density at radius 2 is 2.03 bits per heavy atom. The van der Waals surface area contributed by atoms with E-state index in [9.17, 15) is 4.79 Å². The number of nitrogens with zero attached hydrogens (tertiary/aromatic N) is 4. The van der Waals surface area contributed by atoms with E-state index in [2.05, 4.69) is 70.4 Å². The van der Waals surface area contributed by atoms with Crippen LogP contribution in [0, 0.1) is 19.8 Å². The van der Waals surface area contributed by atoms with Gasteiger partial charge < -0.3 is 14.7 Å². The molecule has 1 fully saturated rings. The first-order valence-corrected chi connectivity index (χ1v) is 12.2. The summed E-state index contributed by atoms with van der Waals surface area (Å²) in [5.41, 5.74) is 5.25. The molecule has 1 aromatic carbocycles. The fourth-order valence-electron chi connectivity index (χ4n) is 4.59. The summed E-state index contributed by atoms with van der Waals surface area (Å²) in [5, 5.41) is 7.21. The maximum absolute atomic E-state index is 12.4. The molecule has 33 heavy (non-hydrogen) atoms. The highest BCUT2D eigenvalue weighted by Crippen LogP contribution is 2.21. The van der Waals surface area contributed by atoms with Gasteiger partial charge in [0.2, 0.25) is 11.8 Å². The molecule has 0 spiro atoms. The lowest BCUT2D eigenvalue weighted by molar-refractivity contribution is -0.121. The fourth-order valence-corrected chi connectivity index (χ4v) is 4.59.